The van der Waals surface area contributed by atoms with Crippen LogP contribution in [0.1, 0.15) is 23.9 Å². The van der Waals surface area contributed by atoms with Gasteiger partial charge in [-0.2, -0.15) is 0 Å². The number of hydrazine groups is 1. The van der Waals surface area contributed by atoms with Gasteiger partial charge in [-0.15, -0.1) is 10.2 Å². The van der Waals surface area contributed by atoms with Gasteiger partial charge in [-0.1, -0.05) is 41.8 Å². The molecule has 2 rings (SSSR count). The van der Waals surface area contributed by atoms with Gasteiger partial charge in [0.25, 0.3) is 0 Å². The van der Waals surface area contributed by atoms with Crippen molar-refractivity contribution in [3.05, 3.63) is 24.2 Å². The molecule has 10 heteroatoms. The van der Waals surface area contributed by atoms with E-state index in [9.17, 15) is 9.59 Å². The van der Waals surface area contributed by atoms with Crippen molar-refractivity contribution in [2.45, 2.75) is 22.0 Å². The van der Waals surface area contributed by atoms with Crippen LogP contribution in [-0.2, 0) is 4.79 Å². The molecule has 0 saturated heterocycles. The van der Waals surface area contributed by atoms with Crippen molar-refractivity contribution in [3.8, 4) is 0 Å². The Morgan fingerprint density at radius 1 is 1.27 bits per heavy atom. The molecule has 0 aromatic carbocycles. The molecule has 0 aliphatic carbocycles. The fraction of sp³-hybridized carbons (Fsp3) is 0.333. The van der Waals surface area contributed by atoms with Crippen LogP contribution in [0.3, 0.4) is 0 Å². The SMILES string of the molecule is CCCSc1nnc(SCC(=O)NNC(=O)c2ccco2)s1. The highest BCUT2D eigenvalue weighted by molar-refractivity contribution is 8.03. The zero-order valence-corrected chi connectivity index (χ0v) is 14.1. The van der Waals surface area contributed by atoms with Gasteiger partial charge in [-0.05, 0) is 18.6 Å². The lowest BCUT2D eigenvalue weighted by atomic mass is 10.4. The smallest absolute Gasteiger partial charge is 0.305 e. The Morgan fingerprint density at radius 2 is 2.05 bits per heavy atom. The van der Waals surface area contributed by atoms with E-state index >= 15 is 0 Å². The molecule has 2 N–H and O–H groups in total. The van der Waals surface area contributed by atoms with Gasteiger partial charge in [0.1, 0.15) is 0 Å². The average molecular weight is 358 g/mol. The van der Waals surface area contributed by atoms with E-state index in [1.165, 1.54) is 35.4 Å². The van der Waals surface area contributed by atoms with Gasteiger partial charge >= 0.3 is 5.91 Å². The first-order chi connectivity index (χ1) is 10.7. The molecule has 0 fully saturated rings. The number of hydrogen-bond donors (Lipinski definition) is 2. The van der Waals surface area contributed by atoms with Crippen LogP contribution in [0.4, 0.5) is 0 Å². The summed E-state index contributed by atoms with van der Waals surface area (Å²) in [5.41, 5.74) is 4.59. The average Bonchev–Trinajstić information content (AvgIpc) is 3.19. The van der Waals surface area contributed by atoms with Crippen molar-refractivity contribution >= 4 is 46.7 Å². The molecule has 0 unspecified atom stereocenters. The van der Waals surface area contributed by atoms with E-state index in [0.29, 0.717) is 0 Å². The maximum absolute atomic E-state index is 11.6. The highest BCUT2D eigenvalue weighted by Crippen LogP contribution is 2.28. The number of thioether (sulfide) groups is 2. The summed E-state index contributed by atoms with van der Waals surface area (Å²) in [4.78, 5) is 23.2. The van der Waals surface area contributed by atoms with Crippen LogP contribution in [0.15, 0.2) is 31.5 Å². The van der Waals surface area contributed by atoms with Gasteiger partial charge in [-0.25, -0.2) is 0 Å². The maximum atomic E-state index is 11.6. The van der Waals surface area contributed by atoms with E-state index in [2.05, 4.69) is 28.0 Å². The molecule has 22 heavy (non-hydrogen) atoms. The summed E-state index contributed by atoms with van der Waals surface area (Å²) in [5.74, 6) is 0.444. The summed E-state index contributed by atoms with van der Waals surface area (Å²) in [7, 11) is 0. The topological polar surface area (TPSA) is 97.1 Å². The van der Waals surface area contributed by atoms with Crippen molar-refractivity contribution in [1.82, 2.24) is 21.0 Å². The highest BCUT2D eigenvalue weighted by atomic mass is 32.2. The summed E-state index contributed by atoms with van der Waals surface area (Å²) in [6.45, 7) is 2.10. The molecule has 7 nitrogen and oxygen atoms in total. The molecule has 2 amide bonds. The standard InChI is InChI=1S/C12H14N4O3S3/c1-2-6-20-11-15-16-12(22-11)21-7-9(17)13-14-10(18)8-4-3-5-19-8/h3-5H,2,6-7H2,1H3,(H,13,17)(H,14,18). The lowest BCUT2D eigenvalue weighted by Gasteiger charge is -2.04. The normalized spacial score (nSPS) is 10.4. The fourth-order valence-corrected chi connectivity index (χ4v) is 4.01. The molecule has 2 aromatic rings. The van der Waals surface area contributed by atoms with Gasteiger partial charge in [0.05, 0.1) is 12.0 Å². The van der Waals surface area contributed by atoms with Crippen LogP contribution in [-0.4, -0.2) is 33.5 Å². The molecular formula is C12H14N4O3S3. The van der Waals surface area contributed by atoms with E-state index in [-0.39, 0.29) is 17.4 Å². The Hall–Kier alpha value is -1.52. The van der Waals surface area contributed by atoms with E-state index in [1.807, 2.05) is 0 Å². The number of carbonyl (C=O) groups excluding carboxylic acids is 2. The van der Waals surface area contributed by atoms with Crippen LogP contribution in [0.5, 0.6) is 0 Å². The number of nitrogens with one attached hydrogen (secondary N) is 2. The Kier molecular flexibility index (Phi) is 6.74. The van der Waals surface area contributed by atoms with Crippen LogP contribution < -0.4 is 10.9 Å². The van der Waals surface area contributed by atoms with Crippen molar-refractivity contribution in [1.29, 1.82) is 0 Å². The molecule has 0 bridgehead atoms. The third-order valence-electron chi connectivity index (χ3n) is 2.20. The van der Waals surface area contributed by atoms with Crippen molar-refractivity contribution in [3.63, 3.8) is 0 Å². The Bertz CT molecular complexity index is 615. The number of furan rings is 1. The molecule has 0 aliphatic rings. The van der Waals surface area contributed by atoms with Crippen LogP contribution >= 0.6 is 34.9 Å². The minimum atomic E-state index is -0.502. The first-order valence-electron chi connectivity index (χ1n) is 6.41. The second-order valence-corrected chi connectivity index (χ2v) is 7.49. The summed E-state index contributed by atoms with van der Waals surface area (Å²) in [6, 6.07) is 3.10. The second-order valence-electron chi connectivity index (χ2n) is 3.95. The van der Waals surface area contributed by atoms with E-state index in [4.69, 9.17) is 4.42 Å². The zero-order chi connectivity index (χ0) is 15.8. The number of nitrogens with zero attached hydrogens (tertiary/aromatic N) is 2. The third kappa shape index (κ3) is 5.35. The van der Waals surface area contributed by atoms with Crippen molar-refractivity contribution < 1.29 is 14.0 Å². The lowest BCUT2D eigenvalue weighted by molar-refractivity contribution is -0.119. The number of carbonyl (C=O) groups is 2. The lowest BCUT2D eigenvalue weighted by Crippen LogP contribution is -2.42. The maximum Gasteiger partial charge on any atom is 0.305 e. The molecule has 0 radical (unpaired) electrons. The van der Waals surface area contributed by atoms with Gasteiger partial charge in [0, 0.05) is 5.75 Å². The molecule has 0 saturated carbocycles. The zero-order valence-electron chi connectivity index (χ0n) is 11.7. The van der Waals surface area contributed by atoms with Crippen LogP contribution in [0, 0.1) is 0 Å². The first kappa shape index (κ1) is 16.8. The second kappa shape index (κ2) is 8.81. The molecule has 2 heterocycles. The van der Waals surface area contributed by atoms with Crippen molar-refractivity contribution in [2.75, 3.05) is 11.5 Å². The van der Waals surface area contributed by atoms with Crippen LogP contribution in [0.25, 0.3) is 0 Å². The van der Waals surface area contributed by atoms with E-state index in [1.54, 1.807) is 17.8 Å². The summed E-state index contributed by atoms with van der Waals surface area (Å²) < 4.78 is 6.53. The highest BCUT2D eigenvalue weighted by Gasteiger charge is 2.11. The van der Waals surface area contributed by atoms with Crippen LogP contribution in [0.2, 0.25) is 0 Å². The molecule has 0 atom stereocenters. The molecule has 0 aliphatic heterocycles. The minimum Gasteiger partial charge on any atom is -0.459 e. The van der Waals surface area contributed by atoms with E-state index < -0.39 is 5.91 Å². The molecule has 0 spiro atoms. The summed E-state index contributed by atoms with van der Waals surface area (Å²) in [5, 5.41) is 8.04. The quantitative estimate of drug-likeness (QED) is 0.578. The Morgan fingerprint density at radius 3 is 2.73 bits per heavy atom. The fourth-order valence-electron chi connectivity index (χ4n) is 1.26. The first-order valence-corrected chi connectivity index (χ1v) is 9.19. The molecule has 118 valence electrons. The Labute approximate surface area is 139 Å². The number of amides is 2. The van der Waals surface area contributed by atoms with Gasteiger partial charge in [0.2, 0.25) is 5.91 Å². The number of hydrogen-bond acceptors (Lipinski definition) is 8. The van der Waals surface area contributed by atoms with Gasteiger partial charge in [-0.3, -0.25) is 20.4 Å². The van der Waals surface area contributed by atoms with Gasteiger partial charge < -0.3 is 4.42 Å². The van der Waals surface area contributed by atoms with Gasteiger partial charge in [0.15, 0.2) is 14.4 Å². The summed E-state index contributed by atoms with van der Waals surface area (Å²) in [6.07, 6.45) is 2.46. The number of aromatic nitrogens is 2. The number of rotatable bonds is 7. The van der Waals surface area contributed by atoms with E-state index in [0.717, 1.165) is 20.9 Å². The largest absolute Gasteiger partial charge is 0.459 e. The molecule has 2 aromatic heterocycles. The predicted molar refractivity (Wildman–Crippen MR) is 86.0 cm³/mol. The third-order valence-corrected chi connectivity index (χ3v) is 5.60. The predicted octanol–water partition coefficient (Wildman–Crippen LogP) is 2.19. The van der Waals surface area contributed by atoms with Crippen molar-refractivity contribution in [2.24, 2.45) is 0 Å². The monoisotopic (exact) mass is 358 g/mol. The summed E-state index contributed by atoms with van der Waals surface area (Å²) >= 11 is 4.39. The molecular weight excluding hydrogens is 344 g/mol. The Balaban J connectivity index is 1.69. The minimum absolute atomic E-state index is 0.134.